The summed E-state index contributed by atoms with van der Waals surface area (Å²) in [6.45, 7) is 11.4. The summed E-state index contributed by atoms with van der Waals surface area (Å²) in [6, 6.07) is 10.5. The minimum absolute atomic E-state index is 0.125. The number of carbonyl (C=O) groups is 1. The van der Waals surface area contributed by atoms with Gasteiger partial charge in [-0.3, -0.25) is 0 Å². The number of benzene rings is 2. The summed E-state index contributed by atoms with van der Waals surface area (Å²) in [5, 5.41) is 2.99. The molecule has 0 bridgehead atoms. The molecule has 3 aliphatic heterocycles. The summed E-state index contributed by atoms with van der Waals surface area (Å²) in [7, 11) is -5.65. The fourth-order valence-electron chi connectivity index (χ4n) is 5.19. The maximum absolute atomic E-state index is 12.3. The van der Waals surface area contributed by atoms with Crippen LogP contribution in [0.5, 0.6) is 17.2 Å². The van der Waals surface area contributed by atoms with Gasteiger partial charge in [-0.2, -0.15) is 21.6 Å². The lowest BCUT2D eigenvalue weighted by molar-refractivity contribution is -0.0500. The Morgan fingerprint density at radius 1 is 0.977 bits per heavy atom. The van der Waals surface area contributed by atoms with Crippen molar-refractivity contribution in [2.75, 3.05) is 18.0 Å². The van der Waals surface area contributed by atoms with Gasteiger partial charge < -0.3 is 28.6 Å². The van der Waals surface area contributed by atoms with Crippen molar-refractivity contribution in [3.05, 3.63) is 47.5 Å². The number of nitrogens with one attached hydrogen (secondary N) is 1. The van der Waals surface area contributed by atoms with Crippen molar-refractivity contribution in [2.45, 2.75) is 96.1 Å². The van der Waals surface area contributed by atoms with E-state index in [9.17, 15) is 26.4 Å². The van der Waals surface area contributed by atoms with Crippen LogP contribution in [0.25, 0.3) is 0 Å². The molecule has 0 spiro atoms. The molecule has 0 aliphatic carbocycles. The van der Waals surface area contributed by atoms with E-state index in [0.29, 0.717) is 30.3 Å². The zero-order chi connectivity index (χ0) is 31.6. The fraction of sp³-hybridized carbons (Fsp3) is 0.567. The number of rotatable bonds is 6. The van der Waals surface area contributed by atoms with Crippen molar-refractivity contribution >= 4 is 21.9 Å². The maximum Gasteiger partial charge on any atom is 0.534 e. The average molecular weight is 629 g/mol. The second-order valence-electron chi connectivity index (χ2n) is 11.8. The molecule has 2 aromatic rings. The van der Waals surface area contributed by atoms with Crippen LogP contribution in [0.3, 0.4) is 0 Å². The Labute approximate surface area is 250 Å². The number of nitrogens with zero attached hydrogens (tertiary/aromatic N) is 1. The summed E-state index contributed by atoms with van der Waals surface area (Å²) in [4.78, 5) is 14.3. The van der Waals surface area contributed by atoms with Gasteiger partial charge in [0.25, 0.3) is 0 Å². The van der Waals surface area contributed by atoms with Crippen LogP contribution in [0.1, 0.15) is 65.0 Å². The van der Waals surface area contributed by atoms with Gasteiger partial charge in [-0.05, 0) is 64.3 Å². The molecule has 1 fully saturated rings. The smallest absolute Gasteiger partial charge is 0.490 e. The van der Waals surface area contributed by atoms with Crippen LogP contribution in [0.15, 0.2) is 36.4 Å². The normalized spacial score (nSPS) is 21.1. The molecule has 3 heterocycles. The summed E-state index contributed by atoms with van der Waals surface area (Å²) >= 11 is 0. The number of alkyl halides is 3. The molecule has 1 N–H and O–H groups in total. The zero-order valence-corrected chi connectivity index (χ0v) is 25.8. The van der Waals surface area contributed by atoms with Gasteiger partial charge >= 0.3 is 21.7 Å². The zero-order valence-electron chi connectivity index (χ0n) is 25.0. The van der Waals surface area contributed by atoms with Gasteiger partial charge in [0.15, 0.2) is 0 Å². The van der Waals surface area contributed by atoms with Crippen molar-refractivity contribution in [1.82, 2.24) is 5.32 Å². The van der Waals surface area contributed by atoms with E-state index in [-0.39, 0.29) is 24.0 Å². The van der Waals surface area contributed by atoms with E-state index >= 15 is 0 Å². The molecule has 3 atom stereocenters. The Kier molecular flexibility index (Phi) is 9.63. The minimum Gasteiger partial charge on any atom is -0.490 e. The molecule has 0 aromatic heterocycles. The molecule has 2 aromatic carbocycles. The molecule has 43 heavy (non-hydrogen) atoms. The number of anilines is 1. The molecule has 0 radical (unpaired) electrons. The molecular formula is C30H39F3N2O7S. The van der Waals surface area contributed by atoms with Gasteiger partial charge in [0.05, 0.1) is 6.04 Å². The van der Waals surface area contributed by atoms with Gasteiger partial charge in [-0.1, -0.05) is 26.0 Å². The van der Waals surface area contributed by atoms with Crippen LogP contribution in [0.4, 0.5) is 23.7 Å². The first-order chi connectivity index (χ1) is 20.1. The van der Waals surface area contributed by atoms with E-state index < -0.39 is 21.2 Å². The second kappa shape index (κ2) is 12.7. The van der Waals surface area contributed by atoms with E-state index in [1.54, 1.807) is 6.07 Å². The molecule has 1 amide bonds. The van der Waals surface area contributed by atoms with Crippen LogP contribution in [-0.4, -0.2) is 57.0 Å². The number of hydrogen-bond donors (Lipinski definition) is 1. The van der Waals surface area contributed by atoms with Gasteiger partial charge in [0.2, 0.25) is 0 Å². The largest absolute Gasteiger partial charge is 0.534 e. The van der Waals surface area contributed by atoms with Crippen LogP contribution >= 0.6 is 0 Å². The summed E-state index contributed by atoms with van der Waals surface area (Å²) in [5.74, 6) is 1.05. The number of ether oxygens (including phenoxy) is 3. The Hall–Kier alpha value is -3.35. The molecule has 3 aliphatic rings. The Balaban J connectivity index is 0.000000203. The van der Waals surface area contributed by atoms with Gasteiger partial charge in [0.1, 0.15) is 35.1 Å². The van der Waals surface area contributed by atoms with E-state index in [4.69, 9.17) is 14.2 Å². The quantitative estimate of drug-likeness (QED) is 0.301. The average Bonchev–Trinajstić information content (AvgIpc) is 3.65. The highest BCUT2D eigenvalue weighted by molar-refractivity contribution is 7.88. The number of hydrogen-bond acceptors (Lipinski definition) is 8. The molecular weight excluding hydrogens is 589 g/mol. The number of halogens is 3. The molecule has 5 rings (SSSR count). The standard InChI is InChI=1S/C19H28N2O3.C11H11F3O4S/c1-5-14-11-15-16(7-6-8-17(15)23-14)21-10-9-13(12-21)20-18(22)24-19(2,3)4;1-2-7-6-8-9(17-7)4-3-5-10(8)18-19(15,16)11(12,13)14/h6-8,13-14H,5,9-12H2,1-4H3,(H,20,22);3-5,7H,2,6H2,1H3/t13-,14?;/m0./s1. The highest BCUT2D eigenvalue weighted by Gasteiger charge is 2.49. The molecule has 2 unspecified atom stereocenters. The van der Waals surface area contributed by atoms with Crippen molar-refractivity contribution in [3.8, 4) is 17.2 Å². The van der Waals surface area contributed by atoms with Crippen LogP contribution in [-0.2, 0) is 27.7 Å². The predicted octanol–water partition coefficient (Wildman–Crippen LogP) is 6.13. The molecule has 238 valence electrons. The topological polar surface area (TPSA) is 103 Å². The maximum atomic E-state index is 12.3. The Morgan fingerprint density at radius 2 is 1.56 bits per heavy atom. The number of carbonyl (C=O) groups excluding carboxylic acids is 1. The first-order valence-corrected chi connectivity index (χ1v) is 15.8. The van der Waals surface area contributed by atoms with E-state index in [1.807, 2.05) is 27.7 Å². The van der Waals surface area contributed by atoms with Crippen molar-refractivity contribution in [3.63, 3.8) is 0 Å². The first kappa shape index (κ1) is 32.6. The SMILES string of the molecule is CCC1Cc2c(cccc2N2CC[C@H](NC(=O)OC(C)(C)C)C2)O1.CCC1Cc2c(cccc2OS(=O)(=O)C(F)(F)F)O1. The highest BCUT2D eigenvalue weighted by atomic mass is 32.2. The lowest BCUT2D eigenvalue weighted by Crippen LogP contribution is -2.40. The van der Waals surface area contributed by atoms with Crippen molar-refractivity contribution in [2.24, 2.45) is 0 Å². The number of fused-ring (bicyclic) bond motifs is 2. The highest BCUT2D eigenvalue weighted by Crippen LogP contribution is 2.40. The summed E-state index contributed by atoms with van der Waals surface area (Å²) in [6.07, 6.45) is 3.71. The summed E-state index contributed by atoms with van der Waals surface area (Å²) < 4.78 is 79.7. The predicted molar refractivity (Wildman–Crippen MR) is 155 cm³/mol. The third-order valence-corrected chi connectivity index (χ3v) is 8.26. The van der Waals surface area contributed by atoms with E-state index in [2.05, 4.69) is 39.5 Å². The van der Waals surface area contributed by atoms with Gasteiger partial charge in [-0.15, -0.1) is 0 Å². The molecule has 13 heteroatoms. The van der Waals surface area contributed by atoms with Crippen LogP contribution < -0.4 is 23.9 Å². The first-order valence-electron chi connectivity index (χ1n) is 14.4. The van der Waals surface area contributed by atoms with Crippen LogP contribution in [0, 0.1) is 0 Å². The lowest BCUT2D eigenvalue weighted by Gasteiger charge is -2.23. The van der Waals surface area contributed by atoms with E-state index in [1.165, 1.54) is 23.4 Å². The van der Waals surface area contributed by atoms with E-state index in [0.717, 1.165) is 38.1 Å². The third-order valence-electron chi connectivity index (χ3n) is 7.29. The monoisotopic (exact) mass is 628 g/mol. The van der Waals surface area contributed by atoms with Crippen molar-refractivity contribution < 1.29 is 44.8 Å². The van der Waals surface area contributed by atoms with Gasteiger partial charge in [0, 0.05) is 42.7 Å². The second-order valence-corrected chi connectivity index (χ2v) is 13.3. The Morgan fingerprint density at radius 3 is 2.14 bits per heavy atom. The third kappa shape index (κ3) is 7.98. The molecule has 1 saturated heterocycles. The Bertz CT molecular complexity index is 1410. The van der Waals surface area contributed by atoms with Crippen LogP contribution in [0.2, 0.25) is 0 Å². The number of amides is 1. The summed E-state index contributed by atoms with van der Waals surface area (Å²) in [5.41, 5.74) is -3.00. The number of alkyl carbamates (subject to hydrolysis) is 1. The molecule has 9 nitrogen and oxygen atoms in total. The fourth-order valence-corrected chi connectivity index (χ4v) is 5.68. The molecule has 0 saturated carbocycles. The minimum atomic E-state index is -5.65. The lowest BCUT2D eigenvalue weighted by atomic mass is 10.1. The van der Waals surface area contributed by atoms with Crippen molar-refractivity contribution in [1.29, 1.82) is 0 Å². The van der Waals surface area contributed by atoms with Gasteiger partial charge in [-0.25, -0.2) is 4.79 Å².